The van der Waals surface area contributed by atoms with E-state index in [1.807, 2.05) is 36.4 Å². The van der Waals surface area contributed by atoms with Crippen molar-refractivity contribution in [2.45, 2.75) is 32.2 Å². The molecule has 0 aliphatic carbocycles. The molecule has 5 nitrogen and oxygen atoms in total. The lowest BCUT2D eigenvalue weighted by molar-refractivity contribution is 0.251. The number of benzene rings is 2. The molecule has 0 atom stereocenters. The Hall–Kier alpha value is -2.69. The molecule has 1 aliphatic rings. The summed E-state index contributed by atoms with van der Waals surface area (Å²) in [4.78, 5) is 14.5. The first-order valence-electron chi connectivity index (χ1n) is 9.27. The number of rotatable bonds is 5. The molecule has 0 saturated carbocycles. The van der Waals surface area contributed by atoms with Crippen molar-refractivity contribution in [2.75, 3.05) is 30.4 Å². The normalized spacial score (nSPS) is 14.4. The minimum absolute atomic E-state index is 0.205. The van der Waals surface area contributed by atoms with Gasteiger partial charge in [-0.2, -0.15) is 0 Å². The van der Waals surface area contributed by atoms with Crippen LogP contribution >= 0.6 is 0 Å². The van der Waals surface area contributed by atoms with Crippen LogP contribution in [-0.2, 0) is 6.54 Å². The highest BCUT2D eigenvalue weighted by atomic mass is 16.5. The van der Waals surface area contributed by atoms with E-state index >= 15 is 0 Å². The molecule has 0 bridgehead atoms. The van der Waals surface area contributed by atoms with Crippen LogP contribution in [0.15, 0.2) is 48.5 Å². The standard InChI is InChI=1S/C21H27N3O2/c1-26-20-12-6-17(7-13-20)16-22-21(25)23-18-8-10-19(11-9-18)24-14-4-2-3-5-15-24/h6-13H,2-5,14-16H2,1H3,(H2,22,23,25). The van der Waals surface area contributed by atoms with Crippen molar-refractivity contribution in [2.24, 2.45) is 0 Å². The van der Waals surface area contributed by atoms with Gasteiger partial charge < -0.3 is 20.3 Å². The lowest BCUT2D eigenvalue weighted by Crippen LogP contribution is -2.28. The number of anilines is 2. The molecule has 1 saturated heterocycles. The first-order valence-corrected chi connectivity index (χ1v) is 9.27. The Bertz CT molecular complexity index is 690. The van der Waals surface area contributed by atoms with Crippen LogP contribution in [0.3, 0.4) is 0 Å². The van der Waals surface area contributed by atoms with Crippen molar-refractivity contribution in [1.29, 1.82) is 0 Å². The van der Waals surface area contributed by atoms with Crippen LogP contribution in [0.25, 0.3) is 0 Å². The largest absolute Gasteiger partial charge is 0.497 e. The number of carbonyl (C=O) groups excluding carboxylic acids is 1. The van der Waals surface area contributed by atoms with E-state index in [-0.39, 0.29) is 6.03 Å². The summed E-state index contributed by atoms with van der Waals surface area (Å²) in [7, 11) is 1.64. The fourth-order valence-corrected chi connectivity index (χ4v) is 3.19. The molecule has 5 heteroatoms. The fourth-order valence-electron chi connectivity index (χ4n) is 3.19. The number of amides is 2. The second-order valence-corrected chi connectivity index (χ2v) is 6.60. The zero-order valence-electron chi connectivity index (χ0n) is 15.3. The molecule has 26 heavy (non-hydrogen) atoms. The fraction of sp³-hybridized carbons (Fsp3) is 0.381. The van der Waals surface area contributed by atoms with E-state index in [4.69, 9.17) is 4.74 Å². The summed E-state index contributed by atoms with van der Waals surface area (Å²) >= 11 is 0. The summed E-state index contributed by atoms with van der Waals surface area (Å²) in [5.41, 5.74) is 3.06. The minimum Gasteiger partial charge on any atom is -0.497 e. The van der Waals surface area contributed by atoms with E-state index < -0.39 is 0 Å². The zero-order valence-corrected chi connectivity index (χ0v) is 15.3. The highest BCUT2D eigenvalue weighted by Gasteiger charge is 2.10. The predicted molar refractivity (Wildman–Crippen MR) is 106 cm³/mol. The first-order chi connectivity index (χ1) is 12.7. The number of nitrogens with one attached hydrogen (secondary N) is 2. The molecule has 0 spiro atoms. The van der Waals surface area contributed by atoms with Crippen LogP contribution < -0.4 is 20.3 Å². The van der Waals surface area contributed by atoms with E-state index in [9.17, 15) is 4.79 Å². The van der Waals surface area contributed by atoms with E-state index in [2.05, 4.69) is 27.7 Å². The van der Waals surface area contributed by atoms with Crippen molar-refractivity contribution >= 4 is 17.4 Å². The van der Waals surface area contributed by atoms with Gasteiger partial charge in [0.25, 0.3) is 0 Å². The number of methoxy groups -OCH3 is 1. The minimum atomic E-state index is -0.205. The Labute approximate surface area is 155 Å². The molecule has 1 heterocycles. The van der Waals surface area contributed by atoms with Crippen LogP contribution in [0.4, 0.5) is 16.2 Å². The average molecular weight is 353 g/mol. The quantitative estimate of drug-likeness (QED) is 0.838. The van der Waals surface area contributed by atoms with Gasteiger partial charge in [0, 0.05) is 31.0 Å². The summed E-state index contributed by atoms with van der Waals surface area (Å²) in [6, 6.07) is 15.6. The second kappa shape index (κ2) is 9.13. The van der Waals surface area contributed by atoms with Crippen LogP contribution in [0.5, 0.6) is 5.75 Å². The van der Waals surface area contributed by atoms with Crippen LogP contribution in [0.2, 0.25) is 0 Å². The van der Waals surface area contributed by atoms with Gasteiger partial charge in [0.05, 0.1) is 7.11 Å². The van der Waals surface area contributed by atoms with Gasteiger partial charge in [-0.15, -0.1) is 0 Å². The zero-order chi connectivity index (χ0) is 18.2. The van der Waals surface area contributed by atoms with Gasteiger partial charge >= 0.3 is 6.03 Å². The maximum Gasteiger partial charge on any atom is 0.319 e. The Balaban J connectivity index is 1.49. The van der Waals surface area contributed by atoms with Crippen molar-refractivity contribution in [1.82, 2.24) is 5.32 Å². The molecule has 1 fully saturated rings. The van der Waals surface area contributed by atoms with Crippen molar-refractivity contribution in [3.63, 3.8) is 0 Å². The Kier molecular flexibility index (Phi) is 6.36. The van der Waals surface area contributed by atoms with E-state index in [1.165, 1.54) is 31.4 Å². The number of urea groups is 1. The van der Waals surface area contributed by atoms with Gasteiger partial charge in [-0.05, 0) is 54.8 Å². The molecule has 1 aliphatic heterocycles. The summed E-state index contributed by atoms with van der Waals surface area (Å²) in [6.45, 7) is 2.71. The molecular formula is C21H27N3O2. The monoisotopic (exact) mass is 353 g/mol. The summed E-state index contributed by atoms with van der Waals surface area (Å²) < 4.78 is 5.13. The van der Waals surface area contributed by atoms with Crippen molar-refractivity contribution in [3.8, 4) is 5.75 Å². The molecule has 0 aromatic heterocycles. The Morgan fingerprint density at radius 1 is 0.962 bits per heavy atom. The smallest absolute Gasteiger partial charge is 0.319 e. The SMILES string of the molecule is COc1ccc(CNC(=O)Nc2ccc(N3CCCCCC3)cc2)cc1. The van der Waals surface area contributed by atoms with Crippen molar-refractivity contribution in [3.05, 3.63) is 54.1 Å². The number of hydrogen-bond acceptors (Lipinski definition) is 3. The second-order valence-electron chi connectivity index (χ2n) is 6.60. The highest BCUT2D eigenvalue weighted by Crippen LogP contribution is 2.21. The molecular weight excluding hydrogens is 326 g/mol. The topological polar surface area (TPSA) is 53.6 Å². The van der Waals surface area contributed by atoms with Gasteiger partial charge in [0.2, 0.25) is 0 Å². The predicted octanol–water partition coefficient (Wildman–Crippen LogP) is 4.40. The average Bonchev–Trinajstić information content (AvgIpc) is 2.97. The number of carbonyl (C=O) groups is 1. The van der Waals surface area contributed by atoms with Gasteiger partial charge in [-0.25, -0.2) is 4.79 Å². The van der Waals surface area contributed by atoms with Gasteiger partial charge in [-0.1, -0.05) is 25.0 Å². The summed E-state index contributed by atoms with van der Waals surface area (Å²) in [5.74, 6) is 0.808. The molecule has 2 N–H and O–H groups in total. The summed E-state index contributed by atoms with van der Waals surface area (Å²) in [6.07, 6.45) is 5.16. The van der Waals surface area contributed by atoms with E-state index in [1.54, 1.807) is 7.11 Å². The molecule has 3 rings (SSSR count). The number of hydrogen-bond donors (Lipinski definition) is 2. The molecule has 2 aromatic carbocycles. The Morgan fingerprint density at radius 3 is 2.23 bits per heavy atom. The summed E-state index contributed by atoms with van der Waals surface area (Å²) in [5, 5.41) is 5.75. The third-order valence-corrected chi connectivity index (χ3v) is 4.71. The maximum absolute atomic E-state index is 12.1. The molecule has 0 unspecified atom stereocenters. The first kappa shape index (κ1) is 18.1. The third kappa shape index (κ3) is 5.15. The number of ether oxygens (including phenoxy) is 1. The lowest BCUT2D eigenvalue weighted by Gasteiger charge is -2.22. The maximum atomic E-state index is 12.1. The lowest BCUT2D eigenvalue weighted by atomic mass is 10.2. The Morgan fingerprint density at radius 2 is 1.62 bits per heavy atom. The van der Waals surface area contributed by atoms with Gasteiger partial charge in [0.15, 0.2) is 0 Å². The molecule has 2 amide bonds. The molecule has 0 radical (unpaired) electrons. The van der Waals surface area contributed by atoms with E-state index in [0.717, 1.165) is 30.1 Å². The van der Waals surface area contributed by atoms with Gasteiger partial charge in [0.1, 0.15) is 5.75 Å². The number of nitrogens with zero attached hydrogens (tertiary/aromatic N) is 1. The molecule has 138 valence electrons. The highest BCUT2D eigenvalue weighted by molar-refractivity contribution is 5.89. The van der Waals surface area contributed by atoms with Crippen LogP contribution in [0.1, 0.15) is 31.2 Å². The third-order valence-electron chi connectivity index (χ3n) is 4.71. The van der Waals surface area contributed by atoms with Crippen LogP contribution in [-0.4, -0.2) is 26.2 Å². The van der Waals surface area contributed by atoms with Crippen molar-refractivity contribution < 1.29 is 9.53 Å². The van der Waals surface area contributed by atoms with Gasteiger partial charge in [-0.3, -0.25) is 0 Å². The van der Waals surface area contributed by atoms with Crippen LogP contribution in [0, 0.1) is 0 Å². The molecule has 2 aromatic rings. The van der Waals surface area contributed by atoms with E-state index in [0.29, 0.717) is 6.54 Å².